The van der Waals surface area contributed by atoms with Gasteiger partial charge in [-0.2, -0.15) is 0 Å². The summed E-state index contributed by atoms with van der Waals surface area (Å²) in [5.74, 6) is 1.34. The van der Waals surface area contributed by atoms with Crippen molar-refractivity contribution in [2.45, 2.75) is 51.0 Å². The predicted octanol–water partition coefficient (Wildman–Crippen LogP) is 2.34. The summed E-state index contributed by atoms with van der Waals surface area (Å²) in [6.07, 6.45) is 4.14. The van der Waals surface area contributed by atoms with Crippen molar-refractivity contribution in [1.82, 2.24) is 19.8 Å². The van der Waals surface area contributed by atoms with Gasteiger partial charge >= 0.3 is 6.03 Å². The Hall–Kier alpha value is -3.07. The molecule has 0 radical (unpaired) electrons. The first-order valence-electron chi connectivity index (χ1n) is 10.6. The van der Waals surface area contributed by atoms with Gasteiger partial charge in [0.2, 0.25) is 0 Å². The lowest BCUT2D eigenvalue weighted by molar-refractivity contribution is -0.167. The monoisotopic (exact) mass is 427 g/mol. The highest BCUT2D eigenvalue weighted by Gasteiger charge is 2.47. The number of aromatic nitrogens is 2. The summed E-state index contributed by atoms with van der Waals surface area (Å²) >= 11 is 0. The molecule has 2 aliphatic rings. The minimum absolute atomic E-state index is 0.0715. The molecule has 1 aromatic heterocycles. The molecule has 0 aliphatic carbocycles. The van der Waals surface area contributed by atoms with Crippen LogP contribution in [0.25, 0.3) is 0 Å². The molecule has 4 rings (SSSR count). The lowest BCUT2D eigenvalue weighted by atomic mass is 9.88. The number of rotatable bonds is 4. The first-order valence-corrected chi connectivity index (χ1v) is 10.6. The highest BCUT2D eigenvalue weighted by atomic mass is 16.5. The number of fused-ring (bicyclic) bond motifs is 2. The van der Waals surface area contributed by atoms with Crippen molar-refractivity contribution in [3.63, 3.8) is 0 Å². The van der Waals surface area contributed by atoms with E-state index < -0.39 is 11.7 Å². The molecule has 166 valence electrons. The SMILES string of the molecule is COc1ccc(NC(=O)[C@@H]2Cn3ccnc3C3(CCN(C(=O)NC(C)C)CC3)O2)cc1. The number of carbonyl (C=O) groups is 2. The van der Waals surface area contributed by atoms with Crippen LogP contribution in [0.3, 0.4) is 0 Å². The lowest BCUT2D eigenvalue weighted by Gasteiger charge is -2.45. The zero-order valence-corrected chi connectivity index (χ0v) is 18.1. The molecule has 1 atom stereocenters. The summed E-state index contributed by atoms with van der Waals surface area (Å²) in [4.78, 5) is 31.7. The second-order valence-corrected chi connectivity index (χ2v) is 8.31. The van der Waals surface area contributed by atoms with E-state index in [0.29, 0.717) is 38.2 Å². The molecule has 9 nitrogen and oxygen atoms in total. The van der Waals surface area contributed by atoms with Crippen molar-refractivity contribution in [1.29, 1.82) is 0 Å². The molecule has 1 spiro atoms. The molecule has 9 heteroatoms. The molecule has 1 saturated heterocycles. The van der Waals surface area contributed by atoms with Crippen molar-refractivity contribution in [2.24, 2.45) is 0 Å². The topological polar surface area (TPSA) is 97.7 Å². The van der Waals surface area contributed by atoms with Crippen LogP contribution >= 0.6 is 0 Å². The fourth-order valence-electron chi connectivity index (χ4n) is 4.18. The van der Waals surface area contributed by atoms with Crippen LogP contribution in [0.4, 0.5) is 10.5 Å². The fraction of sp³-hybridized carbons (Fsp3) is 0.500. The van der Waals surface area contributed by atoms with Gasteiger partial charge in [0.25, 0.3) is 5.91 Å². The summed E-state index contributed by atoms with van der Waals surface area (Å²) in [7, 11) is 1.60. The standard InChI is InChI=1S/C22H29N5O4/c1-15(2)24-21(29)26-11-8-22(9-12-26)20-23-10-13-27(20)14-18(31-22)19(28)25-16-4-6-17(30-3)7-5-16/h4-7,10,13,15,18H,8-9,11-12,14H2,1-3H3,(H,24,29)(H,25,28)/t18-/m0/s1. The molecule has 1 fully saturated rings. The maximum Gasteiger partial charge on any atom is 0.317 e. The number of carbonyl (C=O) groups excluding carboxylic acids is 2. The Labute approximate surface area is 181 Å². The normalized spacial score (nSPS) is 19.7. The second kappa shape index (κ2) is 8.58. The van der Waals surface area contributed by atoms with Crippen molar-refractivity contribution < 1.29 is 19.1 Å². The first kappa shape index (κ1) is 21.2. The number of urea groups is 1. The number of ether oxygens (including phenoxy) is 2. The first-order chi connectivity index (χ1) is 14.9. The summed E-state index contributed by atoms with van der Waals surface area (Å²) in [5, 5.41) is 5.86. The number of hydrogen-bond donors (Lipinski definition) is 2. The van der Waals surface area contributed by atoms with Gasteiger partial charge in [0.15, 0.2) is 6.10 Å². The average Bonchev–Trinajstić information content (AvgIpc) is 3.24. The third-order valence-electron chi connectivity index (χ3n) is 5.77. The molecule has 2 N–H and O–H groups in total. The number of benzene rings is 1. The van der Waals surface area contributed by atoms with Crippen molar-refractivity contribution in [3.05, 3.63) is 42.5 Å². The van der Waals surface area contributed by atoms with E-state index in [1.165, 1.54) is 0 Å². The summed E-state index contributed by atoms with van der Waals surface area (Å²) in [6.45, 7) is 5.36. The van der Waals surface area contributed by atoms with Crippen molar-refractivity contribution >= 4 is 17.6 Å². The maximum absolute atomic E-state index is 13.0. The Morgan fingerprint density at radius 3 is 2.58 bits per heavy atom. The Balaban J connectivity index is 1.47. The number of anilines is 1. The molecule has 31 heavy (non-hydrogen) atoms. The number of imidazole rings is 1. The molecule has 1 aromatic carbocycles. The molecule has 2 aromatic rings. The van der Waals surface area contributed by atoms with Gasteiger partial charge in [0, 0.05) is 50.1 Å². The van der Waals surface area contributed by atoms with E-state index in [1.807, 2.05) is 24.6 Å². The average molecular weight is 428 g/mol. The van der Waals surface area contributed by atoms with E-state index in [0.717, 1.165) is 11.6 Å². The fourth-order valence-corrected chi connectivity index (χ4v) is 4.18. The van der Waals surface area contributed by atoms with Crippen LogP contribution in [-0.2, 0) is 21.7 Å². The quantitative estimate of drug-likeness (QED) is 0.781. The van der Waals surface area contributed by atoms with Gasteiger partial charge in [-0.3, -0.25) is 4.79 Å². The smallest absolute Gasteiger partial charge is 0.317 e. The number of hydrogen-bond acceptors (Lipinski definition) is 5. The van der Waals surface area contributed by atoms with E-state index >= 15 is 0 Å². The predicted molar refractivity (Wildman–Crippen MR) is 115 cm³/mol. The van der Waals surface area contributed by atoms with Crippen LogP contribution < -0.4 is 15.4 Å². The molecular weight excluding hydrogens is 398 g/mol. The van der Waals surface area contributed by atoms with Crippen molar-refractivity contribution in [3.8, 4) is 5.75 Å². The number of likely N-dealkylation sites (tertiary alicyclic amines) is 1. The van der Waals surface area contributed by atoms with E-state index in [2.05, 4.69) is 15.6 Å². The molecule has 3 heterocycles. The molecule has 0 saturated carbocycles. The van der Waals surface area contributed by atoms with Crippen LogP contribution in [0.5, 0.6) is 5.75 Å². The van der Waals surface area contributed by atoms with Crippen LogP contribution in [0.2, 0.25) is 0 Å². The maximum atomic E-state index is 13.0. The van der Waals surface area contributed by atoms with Gasteiger partial charge in [-0.15, -0.1) is 0 Å². The molecular formula is C22H29N5O4. The largest absolute Gasteiger partial charge is 0.497 e. The Kier molecular flexibility index (Phi) is 5.86. The van der Waals surface area contributed by atoms with Crippen molar-refractivity contribution in [2.75, 3.05) is 25.5 Å². The highest BCUT2D eigenvalue weighted by Crippen LogP contribution is 2.40. The minimum atomic E-state index is -0.682. The van der Waals surface area contributed by atoms with Gasteiger partial charge < -0.3 is 29.6 Å². The molecule has 0 bridgehead atoms. The summed E-state index contributed by atoms with van der Waals surface area (Å²) < 4.78 is 13.6. The van der Waals surface area contributed by atoms with Gasteiger partial charge in [-0.05, 0) is 38.1 Å². The molecule has 0 unspecified atom stereocenters. The summed E-state index contributed by atoms with van der Waals surface area (Å²) in [6, 6.07) is 7.19. The van der Waals surface area contributed by atoms with E-state index in [-0.39, 0.29) is 18.0 Å². The summed E-state index contributed by atoms with van der Waals surface area (Å²) in [5.41, 5.74) is -0.00166. The van der Waals surface area contributed by atoms with Crippen LogP contribution in [0.1, 0.15) is 32.5 Å². The highest BCUT2D eigenvalue weighted by molar-refractivity contribution is 5.94. The Morgan fingerprint density at radius 1 is 1.23 bits per heavy atom. The van der Waals surface area contributed by atoms with E-state index in [9.17, 15) is 9.59 Å². The zero-order chi connectivity index (χ0) is 22.0. The molecule has 2 aliphatic heterocycles. The van der Waals surface area contributed by atoms with E-state index in [1.54, 1.807) is 42.5 Å². The third-order valence-corrected chi connectivity index (χ3v) is 5.77. The third kappa shape index (κ3) is 4.36. The number of amides is 3. The van der Waals surface area contributed by atoms with E-state index in [4.69, 9.17) is 9.47 Å². The number of nitrogens with zero attached hydrogens (tertiary/aromatic N) is 3. The lowest BCUT2D eigenvalue weighted by Crippen LogP contribution is -2.55. The van der Waals surface area contributed by atoms with Crippen LogP contribution in [0.15, 0.2) is 36.7 Å². The zero-order valence-electron chi connectivity index (χ0n) is 18.1. The van der Waals surface area contributed by atoms with Crippen LogP contribution in [-0.4, -0.2) is 58.7 Å². The number of piperidine rings is 1. The van der Waals surface area contributed by atoms with Gasteiger partial charge in [-0.25, -0.2) is 9.78 Å². The minimum Gasteiger partial charge on any atom is -0.497 e. The number of methoxy groups -OCH3 is 1. The molecule has 3 amide bonds. The Bertz CT molecular complexity index is 932. The van der Waals surface area contributed by atoms with Gasteiger partial charge in [0.05, 0.1) is 13.7 Å². The Morgan fingerprint density at radius 2 is 1.94 bits per heavy atom. The van der Waals surface area contributed by atoms with Gasteiger partial charge in [0.1, 0.15) is 17.2 Å². The van der Waals surface area contributed by atoms with Crippen LogP contribution in [0, 0.1) is 0 Å². The number of nitrogens with one attached hydrogen (secondary N) is 2. The van der Waals surface area contributed by atoms with Gasteiger partial charge in [-0.1, -0.05) is 0 Å². The second-order valence-electron chi connectivity index (χ2n) is 8.31.